The van der Waals surface area contributed by atoms with E-state index in [2.05, 4.69) is 12.1 Å². The molecule has 0 atom stereocenters. The molecule has 1 aliphatic carbocycles. The van der Waals surface area contributed by atoms with Gasteiger partial charge in [0.1, 0.15) is 15.5 Å². The number of aryl methyl sites for hydroxylation is 1. The minimum absolute atomic E-state index is 0.0956. The Morgan fingerprint density at radius 1 is 1.28 bits per heavy atom. The number of nitrogens with zero attached hydrogens (tertiary/aromatic N) is 1. The van der Waals surface area contributed by atoms with Crippen molar-refractivity contribution >= 4 is 33.2 Å². The van der Waals surface area contributed by atoms with Crippen LogP contribution in [0.1, 0.15) is 54.5 Å². The third-order valence-corrected chi connectivity index (χ3v) is 6.19. The number of hydrogen-bond acceptors (Lipinski definition) is 6. The van der Waals surface area contributed by atoms with Crippen LogP contribution in [0.4, 0.5) is 5.69 Å². The van der Waals surface area contributed by atoms with Gasteiger partial charge in [-0.1, -0.05) is 12.1 Å². The van der Waals surface area contributed by atoms with E-state index in [0.29, 0.717) is 17.2 Å². The van der Waals surface area contributed by atoms with Crippen LogP contribution in [0.25, 0.3) is 21.3 Å². The minimum atomic E-state index is -0.381. The lowest BCUT2D eigenvalue weighted by molar-refractivity contribution is 0.0533. The number of ether oxygens (including phenoxy) is 2. The number of anilines is 1. The molecule has 3 aromatic rings. The largest absolute Gasteiger partial charge is 0.491 e. The molecular formula is C23H26N2O3S. The van der Waals surface area contributed by atoms with Gasteiger partial charge in [0.15, 0.2) is 0 Å². The van der Waals surface area contributed by atoms with Crippen molar-refractivity contribution in [3.8, 4) is 16.9 Å². The third kappa shape index (κ3) is 3.69. The monoisotopic (exact) mass is 410 g/mol. The summed E-state index contributed by atoms with van der Waals surface area (Å²) < 4.78 is 11.1. The number of carbonyl (C=O) groups excluding carboxylic acids is 1. The topological polar surface area (TPSA) is 74.4 Å². The van der Waals surface area contributed by atoms with Gasteiger partial charge in [0, 0.05) is 11.1 Å². The summed E-state index contributed by atoms with van der Waals surface area (Å²) in [5.41, 5.74) is 11.5. The van der Waals surface area contributed by atoms with Crippen molar-refractivity contribution in [3.63, 3.8) is 0 Å². The number of thiophene rings is 1. The fraction of sp³-hybridized carbons (Fsp3) is 0.391. The number of pyridine rings is 1. The maximum atomic E-state index is 12.4. The third-order valence-electron chi connectivity index (χ3n) is 5.11. The van der Waals surface area contributed by atoms with Crippen LogP contribution in [0.5, 0.6) is 5.75 Å². The summed E-state index contributed by atoms with van der Waals surface area (Å²) in [5.74, 6) is 0.445. The zero-order chi connectivity index (χ0) is 20.5. The Labute approximate surface area is 174 Å². The van der Waals surface area contributed by atoms with E-state index in [0.717, 1.165) is 58.5 Å². The van der Waals surface area contributed by atoms with Crippen molar-refractivity contribution in [2.75, 3.05) is 12.3 Å². The Kier molecular flexibility index (Phi) is 5.46. The normalized spacial score (nSPS) is 13.5. The Bertz CT molecular complexity index is 1070. The average Bonchev–Trinajstić information content (AvgIpc) is 3.02. The molecule has 0 radical (unpaired) electrons. The highest BCUT2D eigenvalue weighted by atomic mass is 32.1. The predicted molar refractivity (Wildman–Crippen MR) is 118 cm³/mol. The van der Waals surface area contributed by atoms with Crippen molar-refractivity contribution in [3.05, 3.63) is 40.4 Å². The van der Waals surface area contributed by atoms with Gasteiger partial charge in [-0.2, -0.15) is 0 Å². The van der Waals surface area contributed by atoms with Crippen LogP contribution in [0.15, 0.2) is 24.3 Å². The van der Waals surface area contributed by atoms with Crippen molar-refractivity contribution in [1.82, 2.24) is 4.98 Å². The van der Waals surface area contributed by atoms with E-state index in [1.165, 1.54) is 16.9 Å². The summed E-state index contributed by atoms with van der Waals surface area (Å²) in [6.07, 6.45) is 4.27. The predicted octanol–water partition coefficient (Wildman–Crippen LogP) is 5.39. The second-order valence-electron chi connectivity index (χ2n) is 7.56. The summed E-state index contributed by atoms with van der Waals surface area (Å²) in [7, 11) is 0. The van der Waals surface area contributed by atoms with E-state index in [-0.39, 0.29) is 12.1 Å². The number of benzene rings is 1. The van der Waals surface area contributed by atoms with Crippen molar-refractivity contribution in [2.45, 2.75) is 52.6 Å². The van der Waals surface area contributed by atoms with E-state index < -0.39 is 0 Å². The van der Waals surface area contributed by atoms with Crippen LogP contribution < -0.4 is 10.5 Å². The molecule has 4 rings (SSSR count). The van der Waals surface area contributed by atoms with Gasteiger partial charge in [-0.25, -0.2) is 9.78 Å². The number of aromatic nitrogens is 1. The highest BCUT2D eigenvalue weighted by molar-refractivity contribution is 7.21. The first-order valence-corrected chi connectivity index (χ1v) is 11.0. The maximum Gasteiger partial charge on any atom is 0.350 e. The molecule has 6 heteroatoms. The number of rotatable bonds is 5. The standard InChI is InChI=1S/C23H26N2O3S/c1-4-27-23(26)21-20(24)19-18(14-8-7-9-15(12-14)28-13(2)3)16-10-5-6-11-17(16)25-22(19)29-21/h7-9,12-13H,4-6,10-11,24H2,1-3H3. The van der Waals surface area contributed by atoms with Crippen LogP contribution in [0, 0.1) is 0 Å². The quantitative estimate of drug-likeness (QED) is 0.571. The van der Waals surface area contributed by atoms with Crippen molar-refractivity contribution < 1.29 is 14.3 Å². The van der Waals surface area contributed by atoms with Gasteiger partial charge >= 0.3 is 5.97 Å². The fourth-order valence-electron chi connectivity index (χ4n) is 3.97. The molecule has 0 bridgehead atoms. The first-order chi connectivity index (χ1) is 14.0. The van der Waals surface area contributed by atoms with Crippen LogP contribution in [0.2, 0.25) is 0 Å². The highest BCUT2D eigenvalue weighted by Gasteiger charge is 2.26. The molecule has 0 fully saturated rings. The van der Waals surface area contributed by atoms with Gasteiger partial charge in [0.05, 0.1) is 18.4 Å². The lowest BCUT2D eigenvalue weighted by Crippen LogP contribution is -2.09. The Hall–Kier alpha value is -2.60. The number of nitrogen functional groups attached to an aromatic ring is 1. The molecule has 2 heterocycles. The highest BCUT2D eigenvalue weighted by Crippen LogP contribution is 2.44. The number of esters is 1. The van der Waals surface area contributed by atoms with E-state index in [1.54, 1.807) is 6.92 Å². The van der Waals surface area contributed by atoms with Crippen LogP contribution in [0.3, 0.4) is 0 Å². The average molecular weight is 411 g/mol. The van der Waals surface area contributed by atoms with Crippen LogP contribution in [-0.4, -0.2) is 23.7 Å². The molecule has 1 aromatic carbocycles. The van der Waals surface area contributed by atoms with Gasteiger partial charge in [-0.3, -0.25) is 0 Å². The lowest BCUT2D eigenvalue weighted by Gasteiger charge is -2.20. The molecule has 5 nitrogen and oxygen atoms in total. The smallest absolute Gasteiger partial charge is 0.350 e. The number of hydrogen-bond donors (Lipinski definition) is 1. The molecule has 0 aliphatic heterocycles. The minimum Gasteiger partial charge on any atom is -0.491 e. The molecule has 2 N–H and O–H groups in total. The lowest BCUT2D eigenvalue weighted by atomic mass is 9.87. The molecular weight excluding hydrogens is 384 g/mol. The molecule has 0 spiro atoms. The molecule has 1 aliphatic rings. The summed E-state index contributed by atoms with van der Waals surface area (Å²) in [4.78, 5) is 18.6. The fourth-order valence-corrected chi connectivity index (χ4v) is 4.99. The molecule has 0 unspecified atom stereocenters. The SMILES string of the molecule is CCOC(=O)c1sc2nc3c(c(-c4cccc(OC(C)C)c4)c2c1N)CCCC3. The Morgan fingerprint density at radius 2 is 2.07 bits per heavy atom. The molecule has 0 saturated carbocycles. The van der Waals surface area contributed by atoms with Gasteiger partial charge in [0.25, 0.3) is 0 Å². The summed E-state index contributed by atoms with van der Waals surface area (Å²) in [6.45, 7) is 6.14. The first-order valence-electron chi connectivity index (χ1n) is 10.2. The Balaban J connectivity index is 1.97. The van der Waals surface area contributed by atoms with Gasteiger partial charge in [-0.15, -0.1) is 11.3 Å². The molecule has 0 saturated heterocycles. The van der Waals surface area contributed by atoms with E-state index in [1.807, 2.05) is 26.0 Å². The second kappa shape index (κ2) is 8.03. The summed E-state index contributed by atoms with van der Waals surface area (Å²) >= 11 is 1.33. The van der Waals surface area contributed by atoms with Gasteiger partial charge < -0.3 is 15.2 Å². The van der Waals surface area contributed by atoms with Gasteiger partial charge in [0.2, 0.25) is 0 Å². The molecule has 29 heavy (non-hydrogen) atoms. The number of nitrogens with two attached hydrogens (primary N) is 1. The Morgan fingerprint density at radius 3 is 2.83 bits per heavy atom. The zero-order valence-corrected chi connectivity index (χ0v) is 17.9. The summed E-state index contributed by atoms with van der Waals surface area (Å²) in [6, 6.07) is 8.11. The first kappa shape index (κ1) is 19.7. The van der Waals surface area contributed by atoms with E-state index in [4.69, 9.17) is 20.2 Å². The number of carbonyl (C=O) groups is 1. The van der Waals surface area contributed by atoms with Crippen LogP contribution >= 0.6 is 11.3 Å². The molecule has 2 aromatic heterocycles. The van der Waals surface area contributed by atoms with Gasteiger partial charge in [-0.05, 0) is 75.3 Å². The molecule has 152 valence electrons. The van der Waals surface area contributed by atoms with Crippen molar-refractivity contribution in [1.29, 1.82) is 0 Å². The van der Waals surface area contributed by atoms with E-state index in [9.17, 15) is 4.79 Å². The summed E-state index contributed by atoms with van der Waals surface area (Å²) in [5, 5.41) is 0.861. The van der Waals surface area contributed by atoms with Crippen LogP contribution in [-0.2, 0) is 17.6 Å². The maximum absolute atomic E-state index is 12.4. The second-order valence-corrected chi connectivity index (χ2v) is 8.56. The number of fused-ring (bicyclic) bond motifs is 2. The van der Waals surface area contributed by atoms with Crippen molar-refractivity contribution in [2.24, 2.45) is 0 Å². The van der Waals surface area contributed by atoms with E-state index >= 15 is 0 Å². The molecule has 0 amide bonds. The zero-order valence-electron chi connectivity index (χ0n) is 17.1.